The highest BCUT2D eigenvalue weighted by Gasteiger charge is 2.30. The average Bonchev–Trinajstić information content (AvgIpc) is 3.53. The van der Waals surface area contributed by atoms with Gasteiger partial charge in [0.25, 0.3) is 0 Å². The van der Waals surface area contributed by atoms with Crippen LogP contribution in [0.4, 0.5) is 18.3 Å². The minimum Gasteiger partial charge on any atom is -0.508 e. The molecule has 0 saturated heterocycles. The Kier molecular flexibility index (Phi) is 7.30. The molecule has 5 rings (SSSR count). The van der Waals surface area contributed by atoms with Gasteiger partial charge in [-0.05, 0) is 60.9 Å². The molecule has 0 bridgehead atoms. The Bertz CT molecular complexity index is 1530. The van der Waals surface area contributed by atoms with Gasteiger partial charge in [0, 0.05) is 35.8 Å². The molecule has 196 valence electrons. The lowest BCUT2D eigenvalue weighted by molar-refractivity contribution is -0.137. The number of aromatic nitrogens is 4. The lowest BCUT2D eigenvalue weighted by Gasteiger charge is -2.20. The Morgan fingerprint density at radius 2 is 1.82 bits per heavy atom. The molecule has 5 aromatic rings. The van der Waals surface area contributed by atoms with Gasteiger partial charge in [-0.25, -0.2) is 0 Å². The molecule has 7 nitrogen and oxygen atoms in total. The van der Waals surface area contributed by atoms with Gasteiger partial charge in [0.05, 0.1) is 11.1 Å². The van der Waals surface area contributed by atoms with Gasteiger partial charge in [-0.2, -0.15) is 18.3 Å². The van der Waals surface area contributed by atoms with Crippen LogP contribution in [0.15, 0.2) is 66.7 Å². The quantitative estimate of drug-likeness (QED) is 0.186. The first-order chi connectivity index (χ1) is 18.2. The van der Waals surface area contributed by atoms with E-state index in [1.54, 1.807) is 30.3 Å². The van der Waals surface area contributed by atoms with Crippen molar-refractivity contribution in [1.29, 1.82) is 0 Å². The Balaban J connectivity index is 1.30. The number of halogens is 3. The van der Waals surface area contributed by atoms with E-state index in [1.807, 2.05) is 25.1 Å². The first-order valence-electron chi connectivity index (χ1n) is 11.9. The maximum absolute atomic E-state index is 13.2. The van der Waals surface area contributed by atoms with Crippen LogP contribution in [0.3, 0.4) is 0 Å². The third-order valence-corrected chi connectivity index (χ3v) is 7.11. The lowest BCUT2D eigenvalue weighted by atomic mass is 10.0. The van der Waals surface area contributed by atoms with Gasteiger partial charge in [0.1, 0.15) is 10.8 Å². The number of aromatic hydroxyl groups is 1. The highest BCUT2D eigenvalue weighted by molar-refractivity contribution is 7.18. The monoisotopic (exact) mass is 538 g/mol. The molecule has 0 aliphatic heterocycles. The normalized spacial score (nSPS) is 12.6. The first kappa shape index (κ1) is 25.7. The fourth-order valence-electron chi connectivity index (χ4n) is 4.14. The van der Waals surface area contributed by atoms with Gasteiger partial charge in [0.15, 0.2) is 0 Å². The molecule has 0 spiro atoms. The predicted octanol–water partition coefficient (Wildman–Crippen LogP) is 5.93. The number of benzene rings is 3. The van der Waals surface area contributed by atoms with E-state index in [4.69, 9.17) is 0 Å². The number of phenolic OH excluding ortho intramolecular Hbond substituents is 1. The van der Waals surface area contributed by atoms with Crippen molar-refractivity contribution in [2.24, 2.45) is 0 Å². The standard InChI is InChI=1S/C27H25F3N6OS/c1-16-23-13-19(7-10-24(23)34-33-16)25-35-36-26(38-25)32-15-21(31-14-17-5-8-22(37)9-6-17)12-18-3-2-4-20(11-18)27(28,29)30/h2-11,13,21,31,37H,12,14-15H2,1H3,(H,32,36)(H,33,34). The van der Waals surface area contributed by atoms with Crippen LogP contribution < -0.4 is 10.6 Å². The lowest BCUT2D eigenvalue weighted by Crippen LogP contribution is -2.37. The van der Waals surface area contributed by atoms with E-state index in [-0.39, 0.29) is 11.8 Å². The summed E-state index contributed by atoms with van der Waals surface area (Å²) in [4.78, 5) is 0. The molecular weight excluding hydrogens is 513 g/mol. The van der Waals surface area contributed by atoms with Crippen molar-refractivity contribution in [1.82, 2.24) is 25.7 Å². The Hall–Kier alpha value is -3.96. The van der Waals surface area contributed by atoms with Crippen LogP contribution in [0.25, 0.3) is 21.5 Å². The van der Waals surface area contributed by atoms with Crippen LogP contribution in [-0.2, 0) is 19.1 Å². The van der Waals surface area contributed by atoms with Crippen molar-refractivity contribution in [3.63, 3.8) is 0 Å². The number of nitrogens with zero attached hydrogens (tertiary/aromatic N) is 3. The van der Waals surface area contributed by atoms with Crippen LogP contribution >= 0.6 is 11.3 Å². The Labute approximate surface area is 220 Å². The summed E-state index contributed by atoms with van der Waals surface area (Å²) >= 11 is 1.40. The molecule has 2 heterocycles. The molecule has 1 atom stereocenters. The van der Waals surface area contributed by atoms with Crippen LogP contribution in [0.1, 0.15) is 22.4 Å². The van der Waals surface area contributed by atoms with E-state index in [0.717, 1.165) is 38.8 Å². The minimum absolute atomic E-state index is 0.171. The van der Waals surface area contributed by atoms with Crippen molar-refractivity contribution in [3.8, 4) is 16.3 Å². The molecule has 0 saturated carbocycles. The third kappa shape index (κ3) is 6.12. The topological polar surface area (TPSA) is 98.8 Å². The third-order valence-electron chi connectivity index (χ3n) is 6.18. The van der Waals surface area contributed by atoms with Crippen LogP contribution in [0, 0.1) is 6.92 Å². The number of hydrogen-bond acceptors (Lipinski definition) is 7. The maximum Gasteiger partial charge on any atom is 0.416 e. The Morgan fingerprint density at radius 3 is 2.61 bits per heavy atom. The molecule has 0 fully saturated rings. The number of phenols is 1. The van der Waals surface area contributed by atoms with E-state index >= 15 is 0 Å². The van der Waals surface area contributed by atoms with E-state index in [2.05, 4.69) is 31.0 Å². The van der Waals surface area contributed by atoms with Crippen molar-refractivity contribution in [2.45, 2.75) is 32.1 Å². The van der Waals surface area contributed by atoms with Gasteiger partial charge < -0.3 is 15.7 Å². The van der Waals surface area contributed by atoms with Crippen molar-refractivity contribution in [2.75, 3.05) is 11.9 Å². The van der Waals surface area contributed by atoms with E-state index < -0.39 is 11.7 Å². The fraction of sp³-hybridized carbons (Fsp3) is 0.222. The predicted molar refractivity (Wildman–Crippen MR) is 142 cm³/mol. The smallest absolute Gasteiger partial charge is 0.416 e. The second kappa shape index (κ2) is 10.8. The van der Waals surface area contributed by atoms with Gasteiger partial charge in [-0.1, -0.05) is 41.7 Å². The number of alkyl halides is 3. The van der Waals surface area contributed by atoms with Gasteiger partial charge in [-0.3, -0.25) is 5.10 Å². The number of hydrogen-bond donors (Lipinski definition) is 4. The maximum atomic E-state index is 13.2. The summed E-state index contributed by atoms with van der Waals surface area (Å²) in [6.07, 6.45) is -4.03. The highest BCUT2D eigenvalue weighted by Crippen LogP contribution is 2.31. The number of H-pyrrole nitrogens is 1. The summed E-state index contributed by atoms with van der Waals surface area (Å²) < 4.78 is 39.7. The van der Waals surface area contributed by atoms with E-state index in [1.165, 1.54) is 23.5 Å². The number of fused-ring (bicyclic) bond motifs is 1. The van der Waals surface area contributed by atoms with Crippen LogP contribution in [0.5, 0.6) is 5.75 Å². The van der Waals surface area contributed by atoms with E-state index in [0.29, 0.717) is 30.2 Å². The van der Waals surface area contributed by atoms with E-state index in [9.17, 15) is 18.3 Å². The van der Waals surface area contributed by atoms with Crippen LogP contribution in [-0.4, -0.2) is 38.1 Å². The van der Waals surface area contributed by atoms with Crippen LogP contribution in [0.2, 0.25) is 0 Å². The number of rotatable bonds is 9. The molecule has 0 amide bonds. The molecule has 0 aliphatic carbocycles. The largest absolute Gasteiger partial charge is 0.508 e. The van der Waals surface area contributed by atoms with Crippen molar-refractivity contribution >= 4 is 27.4 Å². The molecule has 3 aromatic carbocycles. The molecule has 38 heavy (non-hydrogen) atoms. The molecule has 11 heteroatoms. The SMILES string of the molecule is Cc1[nH]nc2ccc(-c3nnc(NCC(Cc4cccc(C(F)(F)F)c4)NCc4ccc(O)cc4)s3)cc12. The minimum atomic E-state index is -4.40. The zero-order valence-electron chi connectivity index (χ0n) is 20.4. The summed E-state index contributed by atoms with van der Waals surface area (Å²) in [5.74, 6) is 0.171. The van der Waals surface area contributed by atoms with Gasteiger partial charge >= 0.3 is 6.18 Å². The molecule has 0 aliphatic rings. The molecular formula is C27H25F3N6OS. The molecule has 4 N–H and O–H groups in total. The number of aryl methyl sites for hydroxylation is 1. The second-order valence-electron chi connectivity index (χ2n) is 9.02. The Morgan fingerprint density at radius 1 is 1.00 bits per heavy atom. The fourth-order valence-corrected chi connectivity index (χ4v) is 4.89. The number of anilines is 1. The number of aromatic amines is 1. The zero-order valence-corrected chi connectivity index (χ0v) is 21.2. The van der Waals surface area contributed by atoms with Gasteiger partial charge in [0.2, 0.25) is 5.13 Å². The summed E-state index contributed by atoms with van der Waals surface area (Å²) in [6, 6.07) is 17.9. The van der Waals surface area contributed by atoms with Crippen molar-refractivity contribution in [3.05, 3.63) is 89.1 Å². The zero-order chi connectivity index (χ0) is 26.7. The summed E-state index contributed by atoms with van der Waals surface area (Å²) in [6.45, 7) is 2.86. The summed E-state index contributed by atoms with van der Waals surface area (Å²) in [5.41, 5.74) is 3.64. The van der Waals surface area contributed by atoms with Crippen molar-refractivity contribution < 1.29 is 18.3 Å². The molecule has 1 unspecified atom stereocenters. The summed E-state index contributed by atoms with van der Waals surface area (Å²) in [5, 5.41) is 34.4. The molecule has 0 radical (unpaired) electrons. The first-order valence-corrected chi connectivity index (χ1v) is 12.8. The second-order valence-corrected chi connectivity index (χ2v) is 10.00. The molecule has 2 aromatic heterocycles. The summed E-state index contributed by atoms with van der Waals surface area (Å²) in [7, 11) is 0. The highest BCUT2D eigenvalue weighted by atomic mass is 32.1. The number of nitrogens with one attached hydrogen (secondary N) is 3. The van der Waals surface area contributed by atoms with Gasteiger partial charge in [-0.15, -0.1) is 10.2 Å². The average molecular weight is 539 g/mol.